The van der Waals surface area contributed by atoms with Gasteiger partial charge >= 0.3 is 0 Å². The van der Waals surface area contributed by atoms with Gasteiger partial charge in [-0.2, -0.15) is 0 Å². The lowest BCUT2D eigenvalue weighted by Gasteiger charge is -2.15. The molecular formula is C18H14F2N2O3. The Morgan fingerprint density at radius 3 is 2.32 bits per heavy atom. The molecule has 2 aromatic carbocycles. The van der Waals surface area contributed by atoms with Crippen molar-refractivity contribution in [1.82, 2.24) is 4.90 Å². The number of aromatic hydroxyl groups is 1. The first-order valence-corrected chi connectivity index (χ1v) is 7.52. The molecule has 0 aliphatic carbocycles. The highest BCUT2D eigenvalue weighted by Crippen LogP contribution is 2.26. The molecule has 1 aliphatic heterocycles. The molecule has 0 fully saturated rings. The van der Waals surface area contributed by atoms with Crippen molar-refractivity contribution in [2.75, 3.05) is 11.9 Å². The number of phenolic OH excluding ortho intramolecular Hbond substituents is 1. The minimum Gasteiger partial charge on any atom is -0.503 e. The molecule has 0 aromatic heterocycles. The van der Waals surface area contributed by atoms with Crippen LogP contribution in [0.2, 0.25) is 0 Å². The summed E-state index contributed by atoms with van der Waals surface area (Å²) in [6.07, 6.45) is 1.58. The zero-order valence-corrected chi connectivity index (χ0v) is 13.0. The summed E-state index contributed by atoms with van der Waals surface area (Å²) in [6.45, 7) is 0.196. The fourth-order valence-corrected chi connectivity index (χ4v) is 2.49. The second-order valence-corrected chi connectivity index (χ2v) is 5.50. The normalized spacial score (nSPS) is 14.0. The summed E-state index contributed by atoms with van der Waals surface area (Å²) in [5, 5.41) is 11.6. The standard InChI is InChI=1S/C18H14F2N2O3/c19-13-8-12(9-14(20)17(13)24)21-15-10-16(23)22(18(15)25)7-6-11-4-2-1-3-5-11/h1-5,8-10,21,24H,6-7H2. The molecular weight excluding hydrogens is 330 g/mol. The van der Waals surface area contributed by atoms with Gasteiger partial charge in [-0.3, -0.25) is 14.5 Å². The summed E-state index contributed by atoms with van der Waals surface area (Å²) in [5.74, 6) is -4.50. The van der Waals surface area contributed by atoms with E-state index >= 15 is 0 Å². The number of nitrogens with zero attached hydrogens (tertiary/aromatic N) is 1. The topological polar surface area (TPSA) is 69.6 Å². The van der Waals surface area contributed by atoms with Crippen LogP contribution in [0, 0.1) is 11.6 Å². The molecule has 0 spiro atoms. The molecule has 128 valence electrons. The van der Waals surface area contributed by atoms with Gasteiger partial charge in [-0.1, -0.05) is 30.3 Å². The van der Waals surface area contributed by atoms with Crippen LogP contribution in [0.5, 0.6) is 5.75 Å². The lowest BCUT2D eigenvalue weighted by molar-refractivity contribution is -0.137. The highest BCUT2D eigenvalue weighted by atomic mass is 19.1. The zero-order valence-electron chi connectivity index (χ0n) is 13.0. The van der Waals surface area contributed by atoms with Gasteiger partial charge in [-0.15, -0.1) is 0 Å². The van der Waals surface area contributed by atoms with Gasteiger partial charge in [0.25, 0.3) is 11.8 Å². The number of hydrogen-bond acceptors (Lipinski definition) is 4. The van der Waals surface area contributed by atoms with Gasteiger partial charge in [0.05, 0.1) is 0 Å². The number of carbonyl (C=O) groups is 2. The minimum absolute atomic E-state index is 0.0786. The van der Waals surface area contributed by atoms with E-state index in [1.165, 1.54) is 0 Å². The van der Waals surface area contributed by atoms with Gasteiger partial charge in [0.15, 0.2) is 17.4 Å². The van der Waals surface area contributed by atoms with E-state index in [1.54, 1.807) is 0 Å². The number of carbonyl (C=O) groups excluding carboxylic acids is 2. The average Bonchev–Trinajstić information content (AvgIpc) is 2.85. The van der Waals surface area contributed by atoms with E-state index in [2.05, 4.69) is 5.32 Å². The Kier molecular flexibility index (Phi) is 4.47. The number of halogens is 2. The molecule has 0 radical (unpaired) electrons. The number of anilines is 1. The third-order valence-corrected chi connectivity index (χ3v) is 3.77. The van der Waals surface area contributed by atoms with Crippen LogP contribution in [0.15, 0.2) is 54.2 Å². The molecule has 3 rings (SSSR count). The molecule has 2 N–H and O–H groups in total. The summed E-state index contributed by atoms with van der Waals surface area (Å²) < 4.78 is 26.7. The first-order valence-electron chi connectivity index (χ1n) is 7.52. The van der Waals surface area contributed by atoms with Crippen molar-refractivity contribution >= 4 is 17.5 Å². The number of hydrogen-bond donors (Lipinski definition) is 2. The van der Waals surface area contributed by atoms with E-state index in [0.717, 1.165) is 28.7 Å². The van der Waals surface area contributed by atoms with Gasteiger partial charge < -0.3 is 10.4 Å². The number of rotatable bonds is 5. The van der Waals surface area contributed by atoms with Crippen LogP contribution < -0.4 is 5.32 Å². The summed E-state index contributed by atoms with van der Waals surface area (Å²) in [6, 6.07) is 11.0. The van der Waals surface area contributed by atoms with Crippen LogP contribution in [0.4, 0.5) is 14.5 Å². The third kappa shape index (κ3) is 3.50. The molecule has 0 saturated heterocycles. The van der Waals surface area contributed by atoms with Crippen LogP contribution >= 0.6 is 0 Å². The Bertz CT molecular complexity index is 843. The molecule has 1 heterocycles. The van der Waals surface area contributed by atoms with Crippen molar-refractivity contribution in [3.05, 3.63) is 71.4 Å². The second-order valence-electron chi connectivity index (χ2n) is 5.50. The van der Waals surface area contributed by atoms with E-state index in [1.807, 2.05) is 30.3 Å². The first kappa shape index (κ1) is 16.6. The number of imide groups is 1. The summed E-state index contributed by atoms with van der Waals surface area (Å²) in [7, 11) is 0. The third-order valence-electron chi connectivity index (χ3n) is 3.77. The van der Waals surface area contributed by atoms with Gasteiger partial charge in [0.2, 0.25) is 0 Å². The Labute approximate surface area is 142 Å². The Balaban J connectivity index is 1.69. The summed E-state index contributed by atoms with van der Waals surface area (Å²) >= 11 is 0. The van der Waals surface area contributed by atoms with Gasteiger partial charge in [-0.05, 0) is 12.0 Å². The Morgan fingerprint density at radius 1 is 1.04 bits per heavy atom. The smallest absolute Gasteiger partial charge is 0.277 e. The average molecular weight is 344 g/mol. The molecule has 2 aromatic rings. The maximum Gasteiger partial charge on any atom is 0.277 e. The summed E-state index contributed by atoms with van der Waals surface area (Å²) in [5.41, 5.74) is 0.819. The first-order chi connectivity index (χ1) is 12.0. The molecule has 0 atom stereocenters. The number of phenols is 1. The lowest BCUT2D eigenvalue weighted by atomic mass is 10.1. The zero-order chi connectivity index (χ0) is 18.0. The van der Waals surface area contributed by atoms with E-state index < -0.39 is 29.2 Å². The molecule has 0 saturated carbocycles. The van der Waals surface area contributed by atoms with Crippen LogP contribution in [-0.4, -0.2) is 28.4 Å². The van der Waals surface area contributed by atoms with Crippen molar-refractivity contribution in [3.8, 4) is 5.75 Å². The lowest BCUT2D eigenvalue weighted by Crippen LogP contribution is -2.33. The molecule has 7 heteroatoms. The fourth-order valence-electron chi connectivity index (χ4n) is 2.49. The van der Waals surface area contributed by atoms with Gasteiger partial charge in [0.1, 0.15) is 5.70 Å². The van der Waals surface area contributed by atoms with Crippen LogP contribution in [0.3, 0.4) is 0 Å². The molecule has 1 aliphatic rings. The van der Waals surface area contributed by atoms with Crippen LogP contribution in [-0.2, 0) is 16.0 Å². The predicted octanol–water partition coefficient (Wildman–Crippen LogP) is 2.58. The molecule has 25 heavy (non-hydrogen) atoms. The highest BCUT2D eigenvalue weighted by molar-refractivity contribution is 6.17. The predicted molar refractivity (Wildman–Crippen MR) is 86.6 cm³/mol. The fraction of sp³-hybridized carbons (Fsp3) is 0.111. The van der Waals surface area contributed by atoms with Gasteiger partial charge in [0, 0.05) is 30.4 Å². The van der Waals surface area contributed by atoms with Crippen molar-refractivity contribution in [3.63, 3.8) is 0 Å². The summed E-state index contributed by atoms with van der Waals surface area (Å²) in [4.78, 5) is 25.4. The molecule has 2 amide bonds. The van der Waals surface area contributed by atoms with Crippen molar-refractivity contribution in [2.45, 2.75) is 6.42 Å². The molecule has 5 nitrogen and oxygen atoms in total. The van der Waals surface area contributed by atoms with Crippen molar-refractivity contribution in [2.24, 2.45) is 0 Å². The number of benzene rings is 2. The quantitative estimate of drug-likeness (QED) is 0.646. The van der Waals surface area contributed by atoms with E-state index in [0.29, 0.717) is 6.42 Å². The maximum absolute atomic E-state index is 13.4. The van der Waals surface area contributed by atoms with Crippen molar-refractivity contribution in [1.29, 1.82) is 0 Å². The Morgan fingerprint density at radius 2 is 1.68 bits per heavy atom. The second kappa shape index (κ2) is 6.72. The van der Waals surface area contributed by atoms with Crippen molar-refractivity contribution < 1.29 is 23.5 Å². The van der Waals surface area contributed by atoms with Crippen LogP contribution in [0.1, 0.15) is 5.56 Å². The minimum atomic E-state index is -1.17. The largest absolute Gasteiger partial charge is 0.503 e. The molecule has 0 unspecified atom stereocenters. The highest BCUT2D eigenvalue weighted by Gasteiger charge is 2.31. The maximum atomic E-state index is 13.4. The van der Waals surface area contributed by atoms with E-state index in [-0.39, 0.29) is 17.9 Å². The number of amides is 2. The number of nitrogens with one attached hydrogen (secondary N) is 1. The Hall–Kier alpha value is -3.22. The monoisotopic (exact) mass is 344 g/mol. The van der Waals surface area contributed by atoms with E-state index in [4.69, 9.17) is 5.11 Å². The SMILES string of the molecule is O=C1C=C(Nc2cc(F)c(O)c(F)c2)C(=O)N1CCc1ccccc1. The van der Waals surface area contributed by atoms with Crippen LogP contribution in [0.25, 0.3) is 0 Å². The van der Waals surface area contributed by atoms with E-state index in [9.17, 15) is 18.4 Å². The molecule has 0 bridgehead atoms. The van der Waals surface area contributed by atoms with Gasteiger partial charge in [-0.25, -0.2) is 8.78 Å².